The fraction of sp³-hybridized carbons (Fsp3) is 0.647. The molecular weight excluding hydrogens is 220 g/mol. The summed E-state index contributed by atoms with van der Waals surface area (Å²) in [5.41, 5.74) is 4.13. The monoisotopic (exact) mass is 248 g/mol. The van der Waals surface area contributed by atoms with Crippen LogP contribution in [0.15, 0.2) is 12.1 Å². The van der Waals surface area contributed by atoms with Gasteiger partial charge in [-0.1, -0.05) is 53.7 Å². The zero-order valence-electron chi connectivity index (χ0n) is 13.0. The predicted molar refractivity (Wildman–Crippen MR) is 79.9 cm³/mol. The Kier molecular flexibility index (Phi) is 5.25. The molecule has 0 aliphatic rings. The summed E-state index contributed by atoms with van der Waals surface area (Å²) in [6, 6.07) is 4.65. The maximum atomic E-state index is 5.93. The van der Waals surface area contributed by atoms with Gasteiger partial charge >= 0.3 is 0 Å². The van der Waals surface area contributed by atoms with E-state index < -0.39 is 0 Å². The lowest BCUT2D eigenvalue weighted by Crippen LogP contribution is -2.06. The number of benzene rings is 1. The predicted octanol–water partition coefficient (Wildman–Crippen LogP) is 5.46. The lowest BCUT2D eigenvalue weighted by molar-refractivity contribution is 0.330. The molecule has 0 saturated heterocycles. The van der Waals surface area contributed by atoms with E-state index in [1.165, 1.54) is 16.7 Å². The molecule has 1 rings (SSSR count). The molecule has 0 amide bonds. The first-order chi connectivity index (χ1) is 8.38. The Hall–Kier alpha value is -0.980. The average Bonchev–Trinajstić information content (AvgIpc) is 2.28. The summed E-state index contributed by atoms with van der Waals surface area (Å²) in [6.45, 7) is 16.3. The van der Waals surface area contributed by atoms with Gasteiger partial charge in [-0.15, -0.1) is 0 Å². The van der Waals surface area contributed by atoms with Crippen LogP contribution in [0, 0.1) is 0 Å². The summed E-state index contributed by atoms with van der Waals surface area (Å²) in [5, 5.41) is 0. The number of ether oxygens (including phenoxy) is 1. The van der Waals surface area contributed by atoms with Crippen molar-refractivity contribution >= 4 is 0 Å². The molecule has 0 aromatic heterocycles. The van der Waals surface area contributed by atoms with E-state index in [0.717, 1.165) is 12.4 Å². The smallest absolute Gasteiger partial charge is 0.126 e. The molecule has 1 nitrogen and oxygen atoms in total. The molecule has 0 heterocycles. The van der Waals surface area contributed by atoms with Gasteiger partial charge in [-0.05, 0) is 41.4 Å². The van der Waals surface area contributed by atoms with Gasteiger partial charge in [0.15, 0.2) is 0 Å². The first kappa shape index (κ1) is 15.1. The molecule has 1 heteroatoms. The molecule has 0 fully saturated rings. The Morgan fingerprint density at radius 1 is 0.833 bits per heavy atom. The zero-order chi connectivity index (χ0) is 13.9. The highest BCUT2D eigenvalue weighted by Crippen LogP contribution is 2.37. The number of hydrogen-bond donors (Lipinski definition) is 0. The molecule has 0 aliphatic heterocycles. The topological polar surface area (TPSA) is 9.23 Å². The van der Waals surface area contributed by atoms with Crippen molar-refractivity contribution < 1.29 is 4.74 Å². The Balaban J connectivity index is 3.44. The van der Waals surface area contributed by atoms with Crippen molar-refractivity contribution in [2.24, 2.45) is 0 Å². The average molecular weight is 248 g/mol. The third kappa shape index (κ3) is 3.28. The number of hydrogen-bond acceptors (Lipinski definition) is 1. The second-order valence-corrected chi connectivity index (χ2v) is 5.93. The molecule has 0 unspecified atom stereocenters. The molecule has 0 spiro atoms. The Morgan fingerprint density at radius 2 is 1.28 bits per heavy atom. The van der Waals surface area contributed by atoms with Gasteiger partial charge in [0.25, 0.3) is 0 Å². The van der Waals surface area contributed by atoms with Gasteiger partial charge in [-0.2, -0.15) is 0 Å². The zero-order valence-corrected chi connectivity index (χ0v) is 13.0. The molecule has 0 radical (unpaired) electrons. The third-order valence-corrected chi connectivity index (χ3v) is 3.37. The van der Waals surface area contributed by atoms with Crippen LogP contribution in [0.25, 0.3) is 0 Å². The van der Waals surface area contributed by atoms with Crippen LogP contribution in [0.4, 0.5) is 0 Å². The molecule has 0 N–H and O–H groups in total. The van der Waals surface area contributed by atoms with Crippen LogP contribution in [-0.4, -0.2) is 6.61 Å². The minimum atomic E-state index is 0.503. The molecule has 1 aromatic rings. The third-order valence-electron chi connectivity index (χ3n) is 3.37. The summed E-state index contributed by atoms with van der Waals surface area (Å²) in [4.78, 5) is 0. The largest absolute Gasteiger partial charge is 0.493 e. The van der Waals surface area contributed by atoms with Gasteiger partial charge in [0.05, 0.1) is 6.61 Å². The Labute approximate surface area is 113 Å². The minimum Gasteiger partial charge on any atom is -0.493 e. The standard InChI is InChI=1S/C17H28O/c1-8-18-17-15(12(4)5)9-14(11(2)3)10-16(17)13(6)7/h9-13H,8H2,1-7H3. The van der Waals surface area contributed by atoms with Crippen LogP contribution >= 0.6 is 0 Å². The van der Waals surface area contributed by atoms with E-state index in [4.69, 9.17) is 4.74 Å². The molecule has 1 aromatic carbocycles. The van der Waals surface area contributed by atoms with Crippen molar-refractivity contribution in [1.82, 2.24) is 0 Å². The normalized spacial score (nSPS) is 11.7. The van der Waals surface area contributed by atoms with Gasteiger partial charge in [0.2, 0.25) is 0 Å². The van der Waals surface area contributed by atoms with Crippen LogP contribution < -0.4 is 4.74 Å². The van der Waals surface area contributed by atoms with Crippen molar-refractivity contribution in [3.8, 4) is 5.75 Å². The van der Waals surface area contributed by atoms with E-state index in [-0.39, 0.29) is 0 Å². The van der Waals surface area contributed by atoms with Gasteiger partial charge in [0, 0.05) is 0 Å². The van der Waals surface area contributed by atoms with E-state index in [9.17, 15) is 0 Å². The summed E-state index contributed by atoms with van der Waals surface area (Å²) in [6.07, 6.45) is 0. The first-order valence-corrected chi connectivity index (χ1v) is 7.18. The molecule has 0 atom stereocenters. The molecule has 0 aliphatic carbocycles. The van der Waals surface area contributed by atoms with Gasteiger partial charge in [-0.3, -0.25) is 0 Å². The first-order valence-electron chi connectivity index (χ1n) is 7.18. The fourth-order valence-electron chi connectivity index (χ4n) is 2.20. The van der Waals surface area contributed by atoms with Crippen molar-refractivity contribution in [2.75, 3.05) is 6.61 Å². The van der Waals surface area contributed by atoms with Crippen LogP contribution in [-0.2, 0) is 0 Å². The van der Waals surface area contributed by atoms with Crippen molar-refractivity contribution in [2.45, 2.75) is 66.2 Å². The van der Waals surface area contributed by atoms with Crippen molar-refractivity contribution in [3.63, 3.8) is 0 Å². The highest BCUT2D eigenvalue weighted by molar-refractivity contribution is 5.48. The summed E-state index contributed by atoms with van der Waals surface area (Å²) < 4.78 is 5.93. The van der Waals surface area contributed by atoms with Crippen LogP contribution in [0.2, 0.25) is 0 Å². The molecule has 18 heavy (non-hydrogen) atoms. The second-order valence-electron chi connectivity index (χ2n) is 5.93. The Bertz CT molecular complexity index is 360. The maximum Gasteiger partial charge on any atom is 0.126 e. The van der Waals surface area contributed by atoms with Crippen LogP contribution in [0.1, 0.15) is 82.9 Å². The van der Waals surface area contributed by atoms with E-state index >= 15 is 0 Å². The SMILES string of the molecule is CCOc1c(C(C)C)cc(C(C)C)cc1C(C)C. The molecular formula is C17H28O. The lowest BCUT2D eigenvalue weighted by Gasteiger charge is -2.22. The molecule has 102 valence electrons. The second kappa shape index (κ2) is 6.26. The van der Waals surface area contributed by atoms with Gasteiger partial charge in [-0.25, -0.2) is 0 Å². The summed E-state index contributed by atoms with van der Waals surface area (Å²) in [7, 11) is 0. The van der Waals surface area contributed by atoms with Gasteiger partial charge < -0.3 is 4.74 Å². The van der Waals surface area contributed by atoms with E-state index in [0.29, 0.717) is 17.8 Å². The molecule has 0 bridgehead atoms. The lowest BCUT2D eigenvalue weighted by atomic mass is 9.88. The number of rotatable bonds is 5. The fourth-order valence-corrected chi connectivity index (χ4v) is 2.20. The summed E-state index contributed by atoms with van der Waals surface area (Å²) in [5.74, 6) is 2.69. The highest BCUT2D eigenvalue weighted by Gasteiger charge is 2.17. The van der Waals surface area contributed by atoms with Crippen molar-refractivity contribution in [3.05, 3.63) is 28.8 Å². The van der Waals surface area contributed by atoms with E-state index in [1.807, 2.05) is 0 Å². The molecule has 0 saturated carbocycles. The minimum absolute atomic E-state index is 0.503. The van der Waals surface area contributed by atoms with Crippen molar-refractivity contribution in [1.29, 1.82) is 0 Å². The Morgan fingerprint density at radius 3 is 1.56 bits per heavy atom. The maximum absolute atomic E-state index is 5.93. The summed E-state index contributed by atoms with van der Waals surface area (Å²) >= 11 is 0. The van der Waals surface area contributed by atoms with Gasteiger partial charge in [0.1, 0.15) is 5.75 Å². The van der Waals surface area contributed by atoms with E-state index in [1.54, 1.807) is 0 Å². The quantitative estimate of drug-likeness (QED) is 0.672. The highest BCUT2D eigenvalue weighted by atomic mass is 16.5. The van der Waals surface area contributed by atoms with E-state index in [2.05, 4.69) is 60.6 Å². The van der Waals surface area contributed by atoms with Crippen LogP contribution in [0.3, 0.4) is 0 Å². The van der Waals surface area contributed by atoms with Crippen LogP contribution in [0.5, 0.6) is 5.75 Å².